The van der Waals surface area contributed by atoms with Crippen LogP contribution in [-0.2, 0) is 10.3 Å². The first-order valence-electron chi connectivity index (χ1n) is 6.25. The predicted octanol–water partition coefficient (Wildman–Crippen LogP) is 2.49. The molecular weight excluding hydrogens is 285 g/mol. The van der Waals surface area contributed by atoms with Crippen molar-refractivity contribution in [3.63, 3.8) is 0 Å². The Morgan fingerprint density at radius 1 is 1.30 bits per heavy atom. The molecule has 0 bridgehead atoms. The molecule has 0 amide bonds. The van der Waals surface area contributed by atoms with Crippen molar-refractivity contribution in [2.24, 2.45) is 5.73 Å². The summed E-state index contributed by atoms with van der Waals surface area (Å²) in [6.45, 7) is 1.13. The zero-order valence-corrected chi connectivity index (χ0v) is 11.4. The largest absolute Gasteiger partial charge is 0.381 e. The third kappa shape index (κ3) is 2.42. The Hall–Kier alpha value is -1.50. The van der Waals surface area contributed by atoms with Crippen LogP contribution in [0.1, 0.15) is 18.7 Å². The molecule has 2 heterocycles. The molecule has 2 N–H and O–H groups in total. The fraction of sp³-hybridized carbons (Fsp3) is 0.385. The minimum absolute atomic E-state index is 0.0161. The summed E-state index contributed by atoms with van der Waals surface area (Å²) in [4.78, 5) is 4.31. The lowest BCUT2D eigenvalue weighted by Crippen LogP contribution is -2.42. The smallest absolute Gasteiger partial charge is 0.247 e. The second-order valence-corrected chi connectivity index (χ2v) is 5.23. The number of halogens is 2. The molecule has 0 saturated carbocycles. The summed E-state index contributed by atoms with van der Waals surface area (Å²) in [5.41, 5.74) is 6.19. The molecule has 1 aromatic carbocycles. The van der Waals surface area contributed by atoms with Gasteiger partial charge in [0.15, 0.2) is 0 Å². The van der Waals surface area contributed by atoms with E-state index in [1.54, 1.807) is 6.07 Å². The van der Waals surface area contributed by atoms with Crippen molar-refractivity contribution in [1.29, 1.82) is 0 Å². The summed E-state index contributed by atoms with van der Waals surface area (Å²) < 4.78 is 23.7. The number of nitrogens with two attached hydrogens (primary N) is 1. The highest BCUT2D eigenvalue weighted by Crippen LogP contribution is 2.30. The van der Waals surface area contributed by atoms with Crippen LogP contribution in [0.25, 0.3) is 11.4 Å². The van der Waals surface area contributed by atoms with Gasteiger partial charge in [-0.05, 0) is 31.0 Å². The summed E-state index contributed by atoms with van der Waals surface area (Å²) in [6, 6.07) is 4.27. The fourth-order valence-electron chi connectivity index (χ4n) is 2.13. The molecule has 20 heavy (non-hydrogen) atoms. The van der Waals surface area contributed by atoms with E-state index < -0.39 is 11.4 Å². The Bertz CT molecular complexity index is 626. The van der Waals surface area contributed by atoms with E-state index in [9.17, 15) is 4.39 Å². The molecular formula is C13H13ClFN3O2. The highest BCUT2D eigenvalue weighted by Gasteiger charge is 2.35. The van der Waals surface area contributed by atoms with Crippen molar-refractivity contribution in [1.82, 2.24) is 10.1 Å². The Balaban J connectivity index is 1.91. The molecule has 106 valence electrons. The lowest BCUT2D eigenvalue weighted by molar-refractivity contribution is 0.0400. The van der Waals surface area contributed by atoms with Crippen molar-refractivity contribution in [2.45, 2.75) is 18.4 Å². The van der Waals surface area contributed by atoms with E-state index >= 15 is 0 Å². The molecule has 1 aliphatic heterocycles. The second-order valence-electron chi connectivity index (χ2n) is 4.82. The molecule has 0 aliphatic carbocycles. The SMILES string of the molecule is NC1(c2nc(-c3ccc(F)c(Cl)c3)no2)CCOCC1. The van der Waals surface area contributed by atoms with Gasteiger partial charge in [-0.3, -0.25) is 0 Å². The van der Waals surface area contributed by atoms with Gasteiger partial charge in [0.1, 0.15) is 11.4 Å². The van der Waals surface area contributed by atoms with E-state index in [0.29, 0.717) is 43.3 Å². The van der Waals surface area contributed by atoms with Crippen LogP contribution < -0.4 is 5.73 Å². The van der Waals surface area contributed by atoms with Gasteiger partial charge in [0, 0.05) is 18.8 Å². The van der Waals surface area contributed by atoms with E-state index in [4.69, 9.17) is 26.6 Å². The maximum absolute atomic E-state index is 13.1. The second kappa shape index (κ2) is 5.12. The van der Waals surface area contributed by atoms with Crippen molar-refractivity contribution < 1.29 is 13.7 Å². The third-order valence-corrected chi connectivity index (χ3v) is 3.70. The number of hydrogen-bond donors (Lipinski definition) is 1. The van der Waals surface area contributed by atoms with Crippen molar-refractivity contribution in [2.75, 3.05) is 13.2 Å². The van der Waals surface area contributed by atoms with Gasteiger partial charge in [-0.15, -0.1) is 0 Å². The summed E-state index contributed by atoms with van der Waals surface area (Å²) in [6.07, 6.45) is 1.25. The number of nitrogens with zero attached hydrogens (tertiary/aromatic N) is 2. The monoisotopic (exact) mass is 297 g/mol. The number of aromatic nitrogens is 2. The van der Waals surface area contributed by atoms with Gasteiger partial charge in [0.25, 0.3) is 0 Å². The highest BCUT2D eigenvalue weighted by atomic mass is 35.5. The average Bonchev–Trinajstić information content (AvgIpc) is 2.93. The van der Waals surface area contributed by atoms with E-state index in [-0.39, 0.29) is 5.02 Å². The number of rotatable bonds is 2. The molecule has 1 saturated heterocycles. The van der Waals surface area contributed by atoms with Crippen LogP contribution in [0.5, 0.6) is 0 Å². The normalized spacial score (nSPS) is 18.1. The number of ether oxygens (including phenoxy) is 1. The van der Waals surface area contributed by atoms with Crippen molar-refractivity contribution in [3.8, 4) is 11.4 Å². The lowest BCUT2D eigenvalue weighted by atomic mass is 9.91. The third-order valence-electron chi connectivity index (χ3n) is 3.41. The summed E-state index contributed by atoms with van der Waals surface area (Å²) in [7, 11) is 0. The Kier molecular flexibility index (Phi) is 3.45. The number of hydrogen-bond acceptors (Lipinski definition) is 5. The molecule has 0 atom stereocenters. The van der Waals surface area contributed by atoms with Gasteiger partial charge in [-0.25, -0.2) is 4.39 Å². The Labute approximate surface area is 119 Å². The first-order chi connectivity index (χ1) is 9.58. The summed E-state index contributed by atoms with van der Waals surface area (Å²) in [5, 5.41) is 3.91. The van der Waals surface area contributed by atoms with E-state index in [1.165, 1.54) is 12.1 Å². The number of benzene rings is 1. The first-order valence-corrected chi connectivity index (χ1v) is 6.62. The molecule has 3 rings (SSSR count). The van der Waals surface area contributed by atoms with Crippen molar-refractivity contribution in [3.05, 3.63) is 34.9 Å². The van der Waals surface area contributed by atoms with Crippen LogP contribution >= 0.6 is 11.6 Å². The minimum atomic E-state index is -0.659. The molecule has 5 nitrogen and oxygen atoms in total. The van der Waals surface area contributed by atoms with Crippen LogP contribution in [0, 0.1) is 5.82 Å². The first kappa shape index (κ1) is 13.5. The molecule has 0 spiro atoms. The minimum Gasteiger partial charge on any atom is -0.381 e. The maximum Gasteiger partial charge on any atom is 0.247 e. The lowest BCUT2D eigenvalue weighted by Gasteiger charge is -2.29. The Morgan fingerprint density at radius 3 is 2.75 bits per heavy atom. The highest BCUT2D eigenvalue weighted by molar-refractivity contribution is 6.31. The fourth-order valence-corrected chi connectivity index (χ4v) is 2.31. The topological polar surface area (TPSA) is 74.2 Å². The maximum atomic E-state index is 13.1. The molecule has 1 fully saturated rings. The van der Waals surface area contributed by atoms with Gasteiger partial charge in [0.2, 0.25) is 11.7 Å². The van der Waals surface area contributed by atoms with Crippen LogP contribution in [0.15, 0.2) is 22.7 Å². The van der Waals surface area contributed by atoms with Crippen LogP contribution in [0.2, 0.25) is 5.02 Å². The van der Waals surface area contributed by atoms with Gasteiger partial charge in [0.05, 0.1) is 5.02 Å². The van der Waals surface area contributed by atoms with E-state index in [1.807, 2.05) is 0 Å². The molecule has 2 aromatic rings. The average molecular weight is 298 g/mol. The van der Waals surface area contributed by atoms with Gasteiger partial charge < -0.3 is 15.0 Å². The van der Waals surface area contributed by atoms with Crippen molar-refractivity contribution >= 4 is 11.6 Å². The van der Waals surface area contributed by atoms with Crippen LogP contribution in [-0.4, -0.2) is 23.4 Å². The van der Waals surface area contributed by atoms with E-state index in [2.05, 4.69) is 10.1 Å². The predicted molar refractivity (Wildman–Crippen MR) is 70.6 cm³/mol. The molecule has 1 aromatic heterocycles. The summed E-state index contributed by atoms with van der Waals surface area (Å²) >= 11 is 5.74. The van der Waals surface area contributed by atoms with Gasteiger partial charge >= 0.3 is 0 Å². The molecule has 0 radical (unpaired) electrons. The van der Waals surface area contributed by atoms with E-state index in [0.717, 1.165) is 0 Å². The van der Waals surface area contributed by atoms with Crippen LogP contribution in [0.3, 0.4) is 0 Å². The Morgan fingerprint density at radius 2 is 2.05 bits per heavy atom. The summed E-state index contributed by atoms with van der Waals surface area (Å²) in [5.74, 6) is 0.230. The molecule has 1 aliphatic rings. The molecule has 0 unspecified atom stereocenters. The standard InChI is InChI=1S/C13H13ClFN3O2/c14-9-7-8(1-2-10(9)15)11-17-12(20-18-11)13(16)3-5-19-6-4-13/h1-2,7H,3-6,16H2. The zero-order valence-electron chi connectivity index (χ0n) is 10.6. The van der Waals surface area contributed by atoms with Crippen LogP contribution in [0.4, 0.5) is 4.39 Å². The zero-order chi connectivity index (χ0) is 14.2. The quantitative estimate of drug-likeness (QED) is 0.922. The van der Waals surface area contributed by atoms with Gasteiger partial charge in [-0.1, -0.05) is 16.8 Å². The van der Waals surface area contributed by atoms with Gasteiger partial charge in [-0.2, -0.15) is 4.98 Å². The molecule has 7 heteroatoms.